The first-order valence-corrected chi connectivity index (χ1v) is 8.45. The van der Waals surface area contributed by atoms with Gasteiger partial charge in [-0.25, -0.2) is 0 Å². The van der Waals surface area contributed by atoms with Crippen LogP contribution in [-0.2, 0) is 4.79 Å². The third-order valence-electron chi connectivity index (χ3n) is 3.43. The summed E-state index contributed by atoms with van der Waals surface area (Å²) in [4.78, 5) is 24.0. The Bertz CT molecular complexity index is 734. The molecule has 0 unspecified atom stereocenters. The molecular formula is C17H12Br2O3. The second-order valence-electron chi connectivity index (χ2n) is 5.18. The molecule has 0 N–H and O–H groups in total. The Morgan fingerprint density at radius 2 is 1.55 bits per heavy atom. The van der Waals surface area contributed by atoms with Gasteiger partial charge in [-0.3, -0.25) is 9.59 Å². The molecule has 112 valence electrons. The minimum atomic E-state index is -0.184. The smallest absolute Gasteiger partial charge is 0.314 e. The molecule has 1 aliphatic rings. The largest absolute Gasteiger partial charge is 0.426 e. The SMILES string of the molecule is O=C(c1ccc(OC(=O)C2CC2)cc1)c1ccc(Br)c(Br)c1. The van der Waals surface area contributed by atoms with Crippen molar-refractivity contribution in [3.8, 4) is 5.75 Å². The molecule has 2 aromatic rings. The molecule has 22 heavy (non-hydrogen) atoms. The van der Waals surface area contributed by atoms with E-state index in [1.807, 2.05) is 6.07 Å². The monoisotopic (exact) mass is 422 g/mol. The van der Waals surface area contributed by atoms with Crippen molar-refractivity contribution in [1.82, 2.24) is 0 Å². The average molecular weight is 424 g/mol. The molecule has 0 heterocycles. The quantitative estimate of drug-likeness (QED) is 0.404. The van der Waals surface area contributed by atoms with Crippen LogP contribution in [0.15, 0.2) is 51.4 Å². The van der Waals surface area contributed by atoms with E-state index in [2.05, 4.69) is 31.9 Å². The maximum Gasteiger partial charge on any atom is 0.314 e. The van der Waals surface area contributed by atoms with Gasteiger partial charge in [0.05, 0.1) is 5.92 Å². The number of benzene rings is 2. The first kappa shape index (κ1) is 15.4. The Morgan fingerprint density at radius 1 is 0.909 bits per heavy atom. The highest BCUT2D eigenvalue weighted by atomic mass is 79.9. The van der Waals surface area contributed by atoms with Crippen molar-refractivity contribution in [2.24, 2.45) is 5.92 Å². The normalized spacial score (nSPS) is 13.7. The van der Waals surface area contributed by atoms with Crippen LogP contribution < -0.4 is 4.74 Å². The summed E-state index contributed by atoms with van der Waals surface area (Å²) >= 11 is 6.77. The molecule has 3 nitrogen and oxygen atoms in total. The molecular weight excluding hydrogens is 412 g/mol. The van der Waals surface area contributed by atoms with E-state index in [0.717, 1.165) is 21.8 Å². The van der Waals surface area contributed by atoms with Crippen LogP contribution in [0.25, 0.3) is 0 Å². The number of rotatable bonds is 4. The highest BCUT2D eigenvalue weighted by Crippen LogP contribution is 2.31. The van der Waals surface area contributed by atoms with Crippen molar-refractivity contribution in [3.05, 3.63) is 62.5 Å². The van der Waals surface area contributed by atoms with Crippen molar-refractivity contribution >= 4 is 43.6 Å². The summed E-state index contributed by atoms with van der Waals surface area (Å²) in [6, 6.07) is 12.0. The molecule has 3 rings (SSSR count). The van der Waals surface area contributed by atoms with E-state index in [4.69, 9.17) is 4.74 Å². The van der Waals surface area contributed by atoms with Crippen LogP contribution in [0.4, 0.5) is 0 Å². The maximum atomic E-state index is 12.4. The molecule has 0 aliphatic heterocycles. The van der Waals surface area contributed by atoms with Gasteiger partial charge < -0.3 is 4.74 Å². The summed E-state index contributed by atoms with van der Waals surface area (Å²) in [5, 5.41) is 0. The van der Waals surface area contributed by atoms with Gasteiger partial charge in [-0.1, -0.05) is 0 Å². The van der Waals surface area contributed by atoms with Crippen LogP contribution in [0.5, 0.6) is 5.75 Å². The van der Waals surface area contributed by atoms with Gasteiger partial charge in [0.15, 0.2) is 5.78 Å². The van der Waals surface area contributed by atoms with Crippen molar-refractivity contribution in [3.63, 3.8) is 0 Å². The van der Waals surface area contributed by atoms with Crippen molar-refractivity contribution in [2.45, 2.75) is 12.8 Å². The van der Waals surface area contributed by atoms with E-state index in [1.54, 1.807) is 36.4 Å². The fourth-order valence-electron chi connectivity index (χ4n) is 2.00. The highest BCUT2D eigenvalue weighted by Gasteiger charge is 2.31. The first-order chi connectivity index (χ1) is 10.5. The lowest BCUT2D eigenvalue weighted by Gasteiger charge is -2.06. The predicted molar refractivity (Wildman–Crippen MR) is 90.1 cm³/mol. The van der Waals surface area contributed by atoms with Crippen LogP contribution in [-0.4, -0.2) is 11.8 Å². The number of hydrogen-bond acceptors (Lipinski definition) is 3. The van der Waals surface area contributed by atoms with E-state index in [9.17, 15) is 9.59 Å². The Balaban J connectivity index is 1.75. The molecule has 1 aliphatic carbocycles. The second kappa shape index (κ2) is 6.34. The number of carbonyl (C=O) groups is 2. The van der Waals surface area contributed by atoms with E-state index in [-0.39, 0.29) is 17.7 Å². The molecule has 0 spiro atoms. The molecule has 0 amide bonds. The lowest BCUT2D eigenvalue weighted by atomic mass is 10.0. The number of halogens is 2. The molecule has 5 heteroatoms. The third-order valence-corrected chi connectivity index (χ3v) is 5.31. The summed E-state index contributed by atoms with van der Waals surface area (Å²) in [6.45, 7) is 0. The summed E-state index contributed by atoms with van der Waals surface area (Å²) in [5.41, 5.74) is 1.15. The lowest BCUT2D eigenvalue weighted by molar-refractivity contribution is -0.135. The zero-order chi connectivity index (χ0) is 15.7. The van der Waals surface area contributed by atoms with Gasteiger partial charge in [0.1, 0.15) is 5.75 Å². The lowest BCUT2D eigenvalue weighted by Crippen LogP contribution is -2.10. The van der Waals surface area contributed by atoms with Crippen molar-refractivity contribution in [1.29, 1.82) is 0 Å². The first-order valence-electron chi connectivity index (χ1n) is 6.86. The minimum Gasteiger partial charge on any atom is -0.426 e. The minimum absolute atomic E-state index is 0.0569. The van der Waals surface area contributed by atoms with Crippen molar-refractivity contribution in [2.75, 3.05) is 0 Å². The van der Waals surface area contributed by atoms with Gasteiger partial charge in [0.2, 0.25) is 0 Å². The summed E-state index contributed by atoms with van der Waals surface area (Å²) < 4.78 is 6.97. The van der Waals surface area contributed by atoms with Crippen LogP contribution >= 0.6 is 31.9 Å². The fraction of sp³-hybridized carbons (Fsp3) is 0.176. The van der Waals surface area contributed by atoms with Crippen LogP contribution in [0.3, 0.4) is 0 Å². The maximum absolute atomic E-state index is 12.4. The molecule has 0 aromatic heterocycles. The molecule has 0 radical (unpaired) electrons. The zero-order valence-corrected chi connectivity index (χ0v) is 14.7. The number of ketones is 1. The van der Waals surface area contributed by atoms with E-state index >= 15 is 0 Å². The summed E-state index contributed by atoms with van der Waals surface area (Å²) in [7, 11) is 0. The third kappa shape index (κ3) is 3.47. The molecule has 2 aromatic carbocycles. The molecule has 1 fully saturated rings. The molecule has 0 saturated heterocycles. The zero-order valence-electron chi connectivity index (χ0n) is 11.5. The van der Waals surface area contributed by atoms with Crippen LogP contribution in [0.2, 0.25) is 0 Å². The Hall–Kier alpha value is -1.46. The van der Waals surface area contributed by atoms with Gasteiger partial charge in [-0.05, 0) is 87.2 Å². The van der Waals surface area contributed by atoms with Gasteiger partial charge in [-0.15, -0.1) is 0 Å². The van der Waals surface area contributed by atoms with Gasteiger partial charge >= 0.3 is 5.97 Å². The number of hydrogen-bond donors (Lipinski definition) is 0. The number of ether oxygens (including phenoxy) is 1. The van der Waals surface area contributed by atoms with Gasteiger partial charge in [0, 0.05) is 20.1 Å². The second-order valence-corrected chi connectivity index (χ2v) is 6.89. The van der Waals surface area contributed by atoms with E-state index in [1.165, 1.54) is 0 Å². The predicted octanol–water partition coefficient (Wildman–Crippen LogP) is 4.76. The Kier molecular flexibility index (Phi) is 4.45. The Morgan fingerprint density at radius 3 is 2.14 bits per heavy atom. The topological polar surface area (TPSA) is 43.4 Å². The van der Waals surface area contributed by atoms with Gasteiger partial charge in [-0.2, -0.15) is 0 Å². The highest BCUT2D eigenvalue weighted by molar-refractivity contribution is 9.13. The van der Waals surface area contributed by atoms with E-state index < -0.39 is 0 Å². The number of carbonyl (C=O) groups excluding carboxylic acids is 2. The Labute approximate surface area is 144 Å². The fourth-order valence-corrected chi connectivity index (χ4v) is 2.62. The van der Waals surface area contributed by atoms with Crippen molar-refractivity contribution < 1.29 is 14.3 Å². The van der Waals surface area contributed by atoms with E-state index in [0.29, 0.717) is 16.9 Å². The molecule has 0 atom stereocenters. The summed E-state index contributed by atoms with van der Waals surface area (Å²) in [6.07, 6.45) is 1.82. The number of esters is 1. The van der Waals surface area contributed by atoms with Gasteiger partial charge in [0.25, 0.3) is 0 Å². The standard InChI is InChI=1S/C17H12Br2O3/c18-14-8-5-12(9-15(14)19)16(20)10-3-6-13(7-4-10)22-17(21)11-1-2-11/h3-9,11H,1-2H2. The average Bonchev–Trinajstić information content (AvgIpc) is 3.35. The van der Waals surface area contributed by atoms with Crippen LogP contribution in [0, 0.1) is 5.92 Å². The molecule has 1 saturated carbocycles. The molecule has 0 bridgehead atoms. The van der Waals surface area contributed by atoms with Crippen LogP contribution in [0.1, 0.15) is 28.8 Å². The summed E-state index contributed by atoms with van der Waals surface area (Å²) in [5.74, 6) is 0.274.